The summed E-state index contributed by atoms with van der Waals surface area (Å²) in [5, 5.41) is 6.84. The molecule has 7 heteroatoms. The molecule has 21 heavy (non-hydrogen) atoms. The molecule has 0 fully saturated rings. The Labute approximate surface area is 121 Å². The number of primary amides is 1. The molecule has 1 aromatic carbocycles. The zero-order valence-electron chi connectivity index (χ0n) is 12.0. The van der Waals surface area contributed by atoms with Crippen LogP contribution < -0.4 is 16.8 Å². The molecule has 0 aliphatic carbocycles. The van der Waals surface area contributed by atoms with Crippen molar-refractivity contribution in [2.45, 2.75) is 26.8 Å². The van der Waals surface area contributed by atoms with Crippen molar-refractivity contribution in [1.29, 1.82) is 0 Å². The number of nitrogens with zero attached hydrogens (tertiary/aromatic N) is 1. The van der Waals surface area contributed by atoms with Crippen molar-refractivity contribution in [2.75, 3.05) is 11.1 Å². The topological polar surface area (TPSA) is 107 Å². The van der Waals surface area contributed by atoms with Gasteiger partial charge in [-0.1, -0.05) is 5.16 Å². The van der Waals surface area contributed by atoms with Crippen LogP contribution >= 0.6 is 0 Å². The zero-order valence-corrected chi connectivity index (χ0v) is 12.0. The highest BCUT2D eigenvalue weighted by atomic mass is 19.1. The Morgan fingerprint density at radius 2 is 2.10 bits per heavy atom. The summed E-state index contributed by atoms with van der Waals surface area (Å²) in [5.74, 6) is -0.616. The second kappa shape index (κ2) is 5.43. The van der Waals surface area contributed by atoms with Gasteiger partial charge in [-0.25, -0.2) is 4.39 Å². The molecule has 0 aliphatic rings. The van der Waals surface area contributed by atoms with Crippen LogP contribution in [0.25, 0.3) is 0 Å². The molecule has 0 bridgehead atoms. The zero-order chi connectivity index (χ0) is 15.7. The maximum atomic E-state index is 14.0. The van der Waals surface area contributed by atoms with Crippen LogP contribution in [0.5, 0.6) is 0 Å². The number of aryl methyl sites for hydroxylation is 2. The van der Waals surface area contributed by atoms with Crippen LogP contribution in [0.1, 0.15) is 40.3 Å². The van der Waals surface area contributed by atoms with Crippen LogP contribution in [-0.4, -0.2) is 11.1 Å². The number of hydrogen-bond donors (Lipinski definition) is 3. The summed E-state index contributed by atoms with van der Waals surface area (Å²) in [6.45, 7) is 5.42. The molecular weight excluding hydrogens is 275 g/mol. The summed E-state index contributed by atoms with van der Waals surface area (Å²) in [6, 6.07) is 2.12. The highest BCUT2D eigenvalue weighted by Gasteiger charge is 2.19. The lowest BCUT2D eigenvalue weighted by Gasteiger charge is -2.17. The maximum absolute atomic E-state index is 14.0. The highest BCUT2D eigenvalue weighted by molar-refractivity contribution is 5.99. The number of anilines is 2. The summed E-state index contributed by atoms with van der Waals surface area (Å²) in [6.07, 6.45) is 0. The Balaban J connectivity index is 2.35. The Bertz CT molecular complexity index is 677. The van der Waals surface area contributed by atoms with Crippen molar-refractivity contribution in [1.82, 2.24) is 5.16 Å². The normalized spacial score (nSPS) is 12.2. The van der Waals surface area contributed by atoms with E-state index in [1.54, 1.807) is 13.8 Å². The molecule has 112 valence electrons. The van der Waals surface area contributed by atoms with E-state index in [0.29, 0.717) is 5.76 Å². The van der Waals surface area contributed by atoms with Crippen LogP contribution in [0.4, 0.5) is 15.8 Å². The fourth-order valence-corrected chi connectivity index (χ4v) is 2.33. The van der Waals surface area contributed by atoms with E-state index in [0.717, 1.165) is 17.3 Å². The highest BCUT2D eigenvalue weighted by Crippen LogP contribution is 2.28. The lowest BCUT2D eigenvalue weighted by Crippen LogP contribution is -2.16. The fraction of sp³-hybridized carbons (Fsp3) is 0.286. The molecule has 0 aliphatic heterocycles. The first-order valence-corrected chi connectivity index (χ1v) is 6.39. The molecule has 5 N–H and O–H groups in total. The van der Waals surface area contributed by atoms with Crippen molar-refractivity contribution in [3.8, 4) is 0 Å². The van der Waals surface area contributed by atoms with Crippen molar-refractivity contribution in [3.05, 3.63) is 40.5 Å². The molecule has 0 saturated heterocycles. The number of nitrogens with one attached hydrogen (secondary N) is 1. The molecule has 1 heterocycles. The molecule has 0 saturated carbocycles. The van der Waals surface area contributed by atoms with Gasteiger partial charge in [0.1, 0.15) is 11.6 Å². The van der Waals surface area contributed by atoms with Crippen molar-refractivity contribution >= 4 is 17.3 Å². The van der Waals surface area contributed by atoms with Gasteiger partial charge in [0.05, 0.1) is 23.0 Å². The summed E-state index contributed by atoms with van der Waals surface area (Å²) < 4.78 is 19.1. The van der Waals surface area contributed by atoms with Gasteiger partial charge in [0.2, 0.25) is 0 Å². The standard InChI is InChI=1S/C14H17FN4O2/c1-6(13-7(2)19-21-8(13)3)18-12-4-9(14(17)20)11(16)5-10(12)15/h4-6,18H,16H2,1-3H3,(H2,17,20). The number of nitrogen functional groups attached to an aromatic ring is 1. The van der Waals surface area contributed by atoms with Crippen molar-refractivity contribution in [2.24, 2.45) is 5.73 Å². The number of halogens is 1. The molecule has 1 unspecified atom stereocenters. The van der Waals surface area contributed by atoms with Crippen LogP contribution in [0.2, 0.25) is 0 Å². The summed E-state index contributed by atoms with van der Waals surface area (Å²) in [7, 11) is 0. The van der Waals surface area contributed by atoms with Crippen molar-refractivity contribution in [3.63, 3.8) is 0 Å². The minimum absolute atomic E-state index is 0.00976. The SMILES string of the molecule is Cc1noc(C)c1C(C)Nc1cc(C(N)=O)c(N)cc1F. The molecule has 1 aromatic heterocycles. The Morgan fingerprint density at radius 1 is 1.43 bits per heavy atom. The van der Waals surface area contributed by atoms with Gasteiger partial charge < -0.3 is 21.3 Å². The van der Waals surface area contributed by atoms with Gasteiger partial charge in [0.15, 0.2) is 0 Å². The number of amides is 1. The summed E-state index contributed by atoms with van der Waals surface area (Å²) >= 11 is 0. The Morgan fingerprint density at radius 3 is 2.62 bits per heavy atom. The van der Waals surface area contributed by atoms with Gasteiger partial charge in [-0.2, -0.15) is 0 Å². The predicted molar refractivity (Wildman–Crippen MR) is 77.3 cm³/mol. The summed E-state index contributed by atoms with van der Waals surface area (Å²) in [4.78, 5) is 11.3. The van der Waals surface area contributed by atoms with Gasteiger partial charge >= 0.3 is 0 Å². The second-order valence-corrected chi connectivity index (χ2v) is 4.89. The van der Waals surface area contributed by atoms with Crippen molar-refractivity contribution < 1.29 is 13.7 Å². The third kappa shape index (κ3) is 2.81. The third-order valence-corrected chi connectivity index (χ3v) is 3.30. The van der Waals surface area contributed by atoms with E-state index in [1.165, 1.54) is 6.07 Å². The minimum Gasteiger partial charge on any atom is -0.398 e. The van der Waals surface area contributed by atoms with Gasteiger partial charge in [-0.15, -0.1) is 0 Å². The molecular formula is C14H17FN4O2. The van der Waals surface area contributed by atoms with E-state index in [9.17, 15) is 9.18 Å². The van der Waals surface area contributed by atoms with Crippen LogP contribution in [-0.2, 0) is 0 Å². The lowest BCUT2D eigenvalue weighted by atomic mass is 10.1. The van der Waals surface area contributed by atoms with E-state index < -0.39 is 11.7 Å². The first-order chi connectivity index (χ1) is 9.81. The first kappa shape index (κ1) is 14.8. The Hall–Kier alpha value is -2.57. The average molecular weight is 292 g/mol. The van der Waals surface area contributed by atoms with Gasteiger partial charge in [0, 0.05) is 11.3 Å². The number of rotatable bonds is 4. The van der Waals surface area contributed by atoms with Gasteiger partial charge in [-0.3, -0.25) is 4.79 Å². The molecule has 1 amide bonds. The minimum atomic E-state index is -0.708. The predicted octanol–water partition coefficient (Wildman–Crippen LogP) is 2.28. The molecule has 2 aromatic rings. The molecule has 1 atom stereocenters. The molecule has 2 rings (SSSR count). The smallest absolute Gasteiger partial charge is 0.250 e. The van der Waals surface area contributed by atoms with Crippen LogP contribution in [0.3, 0.4) is 0 Å². The number of carbonyl (C=O) groups is 1. The third-order valence-electron chi connectivity index (χ3n) is 3.30. The van der Waals surface area contributed by atoms with Crippen LogP contribution in [0, 0.1) is 19.7 Å². The van der Waals surface area contributed by atoms with Gasteiger partial charge in [-0.05, 0) is 32.9 Å². The number of hydrogen-bond acceptors (Lipinski definition) is 5. The molecule has 0 radical (unpaired) electrons. The number of nitrogens with two attached hydrogens (primary N) is 2. The van der Waals surface area contributed by atoms with E-state index in [2.05, 4.69) is 10.5 Å². The number of aromatic nitrogens is 1. The lowest BCUT2D eigenvalue weighted by molar-refractivity contribution is 0.100. The molecule has 0 spiro atoms. The summed E-state index contributed by atoms with van der Waals surface area (Å²) in [5.41, 5.74) is 12.6. The largest absolute Gasteiger partial charge is 0.398 e. The number of benzene rings is 1. The van der Waals surface area contributed by atoms with E-state index in [-0.39, 0.29) is 23.0 Å². The van der Waals surface area contributed by atoms with E-state index >= 15 is 0 Å². The first-order valence-electron chi connectivity index (χ1n) is 6.39. The second-order valence-electron chi connectivity index (χ2n) is 4.89. The van der Waals surface area contributed by atoms with E-state index in [4.69, 9.17) is 16.0 Å². The van der Waals surface area contributed by atoms with Gasteiger partial charge in [0.25, 0.3) is 5.91 Å². The van der Waals surface area contributed by atoms with E-state index in [1.807, 2.05) is 6.92 Å². The average Bonchev–Trinajstić information content (AvgIpc) is 2.71. The molecule has 6 nitrogen and oxygen atoms in total. The fourth-order valence-electron chi connectivity index (χ4n) is 2.33. The Kier molecular flexibility index (Phi) is 3.84. The maximum Gasteiger partial charge on any atom is 0.250 e. The number of carbonyl (C=O) groups excluding carboxylic acids is 1. The quantitative estimate of drug-likeness (QED) is 0.749. The van der Waals surface area contributed by atoms with Crippen LogP contribution in [0.15, 0.2) is 16.7 Å². The monoisotopic (exact) mass is 292 g/mol.